The maximum Gasteiger partial charge on any atom is 0.309 e. The number of rotatable bonds is 2. The number of hydrogen-bond donors (Lipinski definition) is 2. The fraction of sp³-hybridized carbons (Fsp3) is 0.889. The zero-order valence-electron chi connectivity index (χ0n) is 8.40. The van der Waals surface area contributed by atoms with E-state index in [2.05, 4.69) is 18.7 Å². The number of nitrogens with two attached hydrogens (primary N) is 1. The Bertz CT molecular complexity index is 206. The summed E-state index contributed by atoms with van der Waals surface area (Å²) in [5.41, 5.74) is 5.83. The van der Waals surface area contributed by atoms with E-state index in [0.29, 0.717) is 12.6 Å². The van der Waals surface area contributed by atoms with E-state index in [-0.39, 0.29) is 12.1 Å². The van der Waals surface area contributed by atoms with Crippen molar-refractivity contribution in [3.05, 3.63) is 0 Å². The molecule has 0 aromatic rings. The van der Waals surface area contributed by atoms with E-state index >= 15 is 0 Å². The van der Waals surface area contributed by atoms with Gasteiger partial charge in [0.05, 0.1) is 5.92 Å². The van der Waals surface area contributed by atoms with Crippen LogP contribution >= 0.6 is 0 Å². The van der Waals surface area contributed by atoms with Crippen molar-refractivity contribution in [3.8, 4) is 0 Å². The van der Waals surface area contributed by atoms with Gasteiger partial charge in [0.2, 0.25) is 0 Å². The summed E-state index contributed by atoms with van der Waals surface area (Å²) >= 11 is 0. The molecule has 0 saturated carbocycles. The molecular weight excluding hydrogens is 168 g/mol. The third kappa shape index (κ3) is 1.84. The number of aliphatic carboxylic acids is 1. The second-order valence-corrected chi connectivity index (χ2v) is 4.05. The van der Waals surface area contributed by atoms with Gasteiger partial charge < -0.3 is 10.8 Å². The minimum Gasteiger partial charge on any atom is -0.481 e. The van der Waals surface area contributed by atoms with Crippen LogP contribution < -0.4 is 5.73 Å². The van der Waals surface area contributed by atoms with Gasteiger partial charge in [-0.15, -0.1) is 0 Å². The van der Waals surface area contributed by atoms with Gasteiger partial charge in [-0.2, -0.15) is 0 Å². The van der Waals surface area contributed by atoms with E-state index in [9.17, 15) is 4.79 Å². The maximum absolute atomic E-state index is 10.8. The summed E-state index contributed by atoms with van der Waals surface area (Å²) < 4.78 is 0. The minimum atomic E-state index is -0.775. The summed E-state index contributed by atoms with van der Waals surface area (Å²) in [4.78, 5) is 13.0. The molecular formula is C9H18N2O2. The van der Waals surface area contributed by atoms with Gasteiger partial charge in [-0.05, 0) is 20.8 Å². The Morgan fingerprint density at radius 3 is 2.38 bits per heavy atom. The summed E-state index contributed by atoms with van der Waals surface area (Å²) in [5.74, 6) is -1.18. The highest BCUT2D eigenvalue weighted by molar-refractivity contribution is 5.71. The van der Waals surface area contributed by atoms with E-state index in [0.717, 1.165) is 0 Å². The first-order valence-electron chi connectivity index (χ1n) is 4.69. The lowest BCUT2D eigenvalue weighted by Gasteiger charge is -2.26. The van der Waals surface area contributed by atoms with Crippen LogP contribution in [0.1, 0.15) is 20.8 Å². The summed E-state index contributed by atoms with van der Waals surface area (Å²) in [7, 11) is 0. The molecule has 13 heavy (non-hydrogen) atoms. The molecule has 0 bridgehead atoms. The molecule has 4 heteroatoms. The fourth-order valence-electron chi connectivity index (χ4n) is 2.00. The number of nitrogens with zero attached hydrogens (tertiary/aromatic N) is 1. The van der Waals surface area contributed by atoms with Crippen molar-refractivity contribution in [3.63, 3.8) is 0 Å². The van der Waals surface area contributed by atoms with E-state index in [1.165, 1.54) is 0 Å². The quantitative estimate of drug-likeness (QED) is 0.643. The largest absolute Gasteiger partial charge is 0.481 e. The molecule has 0 aromatic carbocycles. The lowest BCUT2D eigenvalue weighted by atomic mass is 10.0. The van der Waals surface area contributed by atoms with E-state index in [4.69, 9.17) is 10.8 Å². The van der Waals surface area contributed by atoms with E-state index < -0.39 is 11.9 Å². The summed E-state index contributed by atoms with van der Waals surface area (Å²) in [5, 5.41) is 8.89. The van der Waals surface area contributed by atoms with E-state index in [1.54, 1.807) is 0 Å². The zero-order chi connectivity index (χ0) is 10.2. The molecule has 1 fully saturated rings. The van der Waals surface area contributed by atoms with Crippen LogP contribution in [-0.4, -0.2) is 40.6 Å². The van der Waals surface area contributed by atoms with Gasteiger partial charge in [0.15, 0.2) is 0 Å². The lowest BCUT2D eigenvalue weighted by Crippen LogP contribution is -2.41. The molecule has 1 saturated heterocycles. The van der Waals surface area contributed by atoms with Gasteiger partial charge in [-0.25, -0.2) is 0 Å². The van der Waals surface area contributed by atoms with Crippen LogP contribution in [0.15, 0.2) is 0 Å². The molecule has 1 rings (SSSR count). The highest BCUT2D eigenvalue weighted by Crippen LogP contribution is 2.24. The third-order valence-electron chi connectivity index (χ3n) is 2.93. The average Bonchev–Trinajstić information content (AvgIpc) is 2.29. The van der Waals surface area contributed by atoms with Crippen molar-refractivity contribution < 1.29 is 9.90 Å². The normalized spacial score (nSPS) is 35.6. The molecule has 1 aliphatic rings. The Morgan fingerprint density at radius 1 is 1.62 bits per heavy atom. The van der Waals surface area contributed by atoms with Crippen molar-refractivity contribution in [1.29, 1.82) is 0 Å². The first-order chi connectivity index (χ1) is 5.95. The van der Waals surface area contributed by atoms with Crippen molar-refractivity contribution in [2.75, 3.05) is 6.54 Å². The van der Waals surface area contributed by atoms with Gasteiger partial charge in [-0.3, -0.25) is 9.69 Å². The molecule has 0 aromatic heterocycles. The standard InChI is InChI=1S/C9H18N2O2/c1-5(2)11-4-7(9(12)13)8(10)6(11)3/h5-8H,4,10H2,1-3H3,(H,12,13). The Labute approximate surface area is 78.7 Å². The van der Waals surface area contributed by atoms with E-state index in [1.807, 2.05) is 6.92 Å². The van der Waals surface area contributed by atoms with Gasteiger partial charge >= 0.3 is 5.97 Å². The molecule has 3 unspecified atom stereocenters. The molecule has 0 aliphatic carbocycles. The summed E-state index contributed by atoms with van der Waals surface area (Å²) in [6.07, 6.45) is 0. The Hall–Kier alpha value is -0.610. The zero-order valence-corrected chi connectivity index (χ0v) is 8.40. The number of carboxylic acids is 1. The average molecular weight is 186 g/mol. The lowest BCUT2D eigenvalue weighted by molar-refractivity contribution is -0.141. The third-order valence-corrected chi connectivity index (χ3v) is 2.93. The topological polar surface area (TPSA) is 66.6 Å². The highest BCUT2D eigenvalue weighted by Gasteiger charge is 2.41. The second kappa shape index (κ2) is 3.64. The molecule has 0 spiro atoms. The molecule has 76 valence electrons. The number of carboxylic acid groups (broad SMARTS) is 1. The first kappa shape index (κ1) is 10.5. The Kier molecular flexibility index (Phi) is 2.93. The van der Waals surface area contributed by atoms with Gasteiger partial charge in [0.1, 0.15) is 0 Å². The molecule has 1 aliphatic heterocycles. The van der Waals surface area contributed by atoms with Crippen LogP contribution in [0, 0.1) is 5.92 Å². The fourth-order valence-corrected chi connectivity index (χ4v) is 2.00. The Morgan fingerprint density at radius 2 is 2.15 bits per heavy atom. The monoisotopic (exact) mass is 186 g/mol. The smallest absolute Gasteiger partial charge is 0.309 e. The second-order valence-electron chi connectivity index (χ2n) is 4.05. The number of hydrogen-bond acceptors (Lipinski definition) is 3. The highest BCUT2D eigenvalue weighted by atomic mass is 16.4. The summed E-state index contributed by atoms with van der Waals surface area (Å²) in [6, 6.07) is 0.298. The molecule has 0 radical (unpaired) electrons. The van der Waals surface area contributed by atoms with Crippen molar-refractivity contribution in [2.45, 2.75) is 38.9 Å². The van der Waals surface area contributed by atoms with Crippen LogP contribution in [-0.2, 0) is 4.79 Å². The molecule has 3 N–H and O–H groups in total. The molecule has 4 nitrogen and oxygen atoms in total. The van der Waals surface area contributed by atoms with Crippen LogP contribution in [0.25, 0.3) is 0 Å². The van der Waals surface area contributed by atoms with Crippen molar-refractivity contribution in [2.24, 2.45) is 11.7 Å². The van der Waals surface area contributed by atoms with Crippen LogP contribution in [0.3, 0.4) is 0 Å². The molecule has 0 amide bonds. The predicted octanol–water partition coefficient (Wildman–Crippen LogP) is 0.127. The van der Waals surface area contributed by atoms with Crippen molar-refractivity contribution >= 4 is 5.97 Å². The minimum absolute atomic E-state index is 0.168. The molecule has 1 heterocycles. The van der Waals surface area contributed by atoms with Crippen molar-refractivity contribution in [1.82, 2.24) is 4.90 Å². The van der Waals surface area contributed by atoms with Gasteiger partial charge in [-0.1, -0.05) is 0 Å². The van der Waals surface area contributed by atoms with Crippen LogP contribution in [0.5, 0.6) is 0 Å². The summed E-state index contributed by atoms with van der Waals surface area (Å²) in [6.45, 7) is 6.70. The Balaban J connectivity index is 2.72. The maximum atomic E-state index is 10.8. The predicted molar refractivity (Wildman–Crippen MR) is 50.4 cm³/mol. The molecule has 3 atom stereocenters. The number of carbonyl (C=O) groups is 1. The first-order valence-corrected chi connectivity index (χ1v) is 4.69. The van der Waals surface area contributed by atoms with Crippen LogP contribution in [0.4, 0.5) is 0 Å². The van der Waals surface area contributed by atoms with Gasteiger partial charge in [0.25, 0.3) is 0 Å². The van der Waals surface area contributed by atoms with Gasteiger partial charge in [0, 0.05) is 24.7 Å². The van der Waals surface area contributed by atoms with Crippen LogP contribution in [0.2, 0.25) is 0 Å². The number of likely N-dealkylation sites (tertiary alicyclic amines) is 1. The SMILES string of the molecule is CC(C)N1CC(C(=O)O)C(N)C1C.